The minimum Gasteiger partial charge on any atom is -0.380 e. The number of hydrazone groups is 1. The normalized spacial score (nSPS) is 15.5. The quantitative estimate of drug-likeness (QED) is 0.197. The molecule has 0 unspecified atom stereocenters. The summed E-state index contributed by atoms with van der Waals surface area (Å²) in [6.07, 6.45) is 3.25. The Morgan fingerprint density at radius 3 is 2.59 bits per heavy atom. The molecule has 1 aliphatic rings. The lowest BCUT2D eigenvalue weighted by Crippen LogP contribution is -2.43. The molecule has 2 N–H and O–H groups in total. The smallest absolute Gasteiger partial charge is 0.240 e. The fourth-order valence-electron chi connectivity index (χ4n) is 3.91. The van der Waals surface area contributed by atoms with E-state index in [1.165, 1.54) is 5.56 Å². The van der Waals surface area contributed by atoms with Gasteiger partial charge in [0, 0.05) is 77.5 Å². The van der Waals surface area contributed by atoms with Gasteiger partial charge in [0.1, 0.15) is 0 Å². The first-order valence-corrected chi connectivity index (χ1v) is 13.1. The molecule has 10 nitrogen and oxygen atoms in total. The van der Waals surface area contributed by atoms with Crippen molar-refractivity contribution in [1.82, 2.24) is 25.1 Å². The standard InChI is InChI=1S/C28H40FN9O/c1-6-39-18-17-37(5)27(22(2)29)34-28(30-3)35-32-20-26-19-25(11-12-31-26)33-24-9-7-23(8-10-24)21-38-15-13-36(4)14-16-38/h7-12,19-20H,2,6,13-18,21H2,1,3-5H3,(H,30,35)(H,31,33)/b32-20+,34-27+. The molecule has 39 heavy (non-hydrogen) atoms. The van der Waals surface area contributed by atoms with Crippen molar-refractivity contribution < 1.29 is 9.13 Å². The van der Waals surface area contributed by atoms with Crippen molar-refractivity contribution in [2.45, 2.75) is 13.5 Å². The molecule has 2 heterocycles. The van der Waals surface area contributed by atoms with Crippen LogP contribution in [0.1, 0.15) is 18.2 Å². The molecule has 11 heteroatoms. The van der Waals surface area contributed by atoms with Crippen molar-refractivity contribution in [3.05, 3.63) is 66.3 Å². The number of nitrogens with zero attached hydrogens (tertiary/aromatic N) is 7. The second kappa shape index (κ2) is 15.7. The summed E-state index contributed by atoms with van der Waals surface area (Å²) in [5.41, 5.74) is 6.54. The lowest BCUT2D eigenvalue weighted by molar-refractivity contribution is 0.137. The third-order valence-corrected chi connectivity index (χ3v) is 6.19. The molecular weight excluding hydrogens is 497 g/mol. The molecule has 210 valence electrons. The van der Waals surface area contributed by atoms with Crippen molar-refractivity contribution in [3.63, 3.8) is 0 Å². The van der Waals surface area contributed by atoms with Crippen LogP contribution in [0.25, 0.3) is 0 Å². The first-order chi connectivity index (χ1) is 18.9. The number of rotatable bonds is 11. The van der Waals surface area contributed by atoms with Crippen LogP contribution in [0, 0.1) is 0 Å². The van der Waals surface area contributed by atoms with Crippen LogP contribution in [0.4, 0.5) is 15.8 Å². The number of ether oxygens (including phenoxy) is 1. The van der Waals surface area contributed by atoms with Crippen LogP contribution < -0.4 is 10.7 Å². The first-order valence-electron chi connectivity index (χ1n) is 13.1. The van der Waals surface area contributed by atoms with E-state index in [4.69, 9.17) is 4.74 Å². The van der Waals surface area contributed by atoms with E-state index in [9.17, 15) is 4.39 Å². The number of pyridine rings is 1. The maximum Gasteiger partial charge on any atom is 0.240 e. The van der Waals surface area contributed by atoms with Crippen LogP contribution in [0.15, 0.2) is 70.1 Å². The number of amidine groups is 1. The number of nitrogens with one attached hydrogen (secondary N) is 2. The zero-order chi connectivity index (χ0) is 28.0. The Kier molecular flexibility index (Phi) is 12.0. The van der Waals surface area contributed by atoms with Gasteiger partial charge in [-0.3, -0.25) is 14.9 Å². The van der Waals surface area contributed by atoms with E-state index >= 15 is 0 Å². The average Bonchev–Trinajstić information content (AvgIpc) is 2.93. The van der Waals surface area contributed by atoms with Gasteiger partial charge in [0.15, 0.2) is 11.7 Å². The second-order valence-corrected chi connectivity index (χ2v) is 9.25. The Morgan fingerprint density at radius 2 is 1.92 bits per heavy atom. The van der Waals surface area contributed by atoms with Crippen molar-refractivity contribution in [2.75, 3.05) is 72.4 Å². The highest BCUT2D eigenvalue weighted by atomic mass is 19.1. The van der Waals surface area contributed by atoms with Gasteiger partial charge in [0.2, 0.25) is 5.96 Å². The number of hydrogen-bond donors (Lipinski definition) is 2. The van der Waals surface area contributed by atoms with Gasteiger partial charge in [0.05, 0.1) is 18.5 Å². The third kappa shape index (κ3) is 10.2. The van der Waals surface area contributed by atoms with Gasteiger partial charge >= 0.3 is 0 Å². The Hall–Kier alpha value is -3.67. The predicted octanol–water partition coefficient (Wildman–Crippen LogP) is 3.33. The van der Waals surface area contributed by atoms with Crippen molar-refractivity contribution in [2.24, 2.45) is 15.1 Å². The van der Waals surface area contributed by atoms with E-state index < -0.39 is 5.83 Å². The summed E-state index contributed by atoms with van der Waals surface area (Å²) >= 11 is 0. The molecule has 1 saturated heterocycles. The van der Waals surface area contributed by atoms with Crippen molar-refractivity contribution in [3.8, 4) is 0 Å². The molecular formula is C28H40FN9O. The maximum atomic E-state index is 14.0. The minimum absolute atomic E-state index is 0.0527. The van der Waals surface area contributed by atoms with Gasteiger partial charge in [0.25, 0.3) is 0 Å². The summed E-state index contributed by atoms with van der Waals surface area (Å²) in [4.78, 5) is 19.1. The van der Waals surface area contributed by atoms with Crippen LogP contribution in [-0.2, 0) is 11.3 Å². The van der Waals surface area contributed by atoms with Crippen molar-refractivity contribution >= 4 is 29.4 Å². The first kappa shape index (κ1) is 29.9. The fraction of sp³-hybridized carbons (Fsp3) is 0.429. The molecule has 0 saturated carbocycles. The van der Waals surface area contributed by atoms with Crippen LogP contribution >= 0.6 is 0 Å². The molecule has 0 amide bonds. The monoisotopic (exact) mass is 537 g/mol. The van der Waals surface area contributed by atoms with Gasteiger partial charge in [-0.1, -0.05) is 18.7 Å². The number of likely N-dealkylation sites (N-methyl/N-ethyl adjacent to an activating group) is 2. The summed E-state index contributed by atoms with van der Waals surface area (Å²) in [5.74, 6) is -0.486. The lowest BCUT2D eigenvalue weighted by Gasteiger charge is -2.32. The summed E-state index contributed by atoms with van der Waals surface area (Å²) in [6, 6.07) is 12.3. The van der Waals surface area contributed by atoms with Gasteiger partial charge < -0.3 is 19.9 Å². The van der Waals surface area contributed by atoms with Crippen LogP contribution in [0.2, 0.25) is 0 Å². The fourth-order valence-corrected chi connectivity index (χ4v) is 3.91. The molecule has 2 aromatic rings. The van der Waals surface area contributed by atoms with E-state index in [2.05, 4.69) is 78.5 Å². The summed E-state index contributed by atoms with van der Waals surface area (Å²) < 4.78 is 19.4. The highest BCUT2D eigenvalue weighted by Gasteiger charge is 2.14. The highest BCUT2D eigenvalue weighted by molar-refractivity contribution is 6.03. The number of aliphatic imine (C=N–C) groups is 2. The molecule has 0 aliphatic carbocycles. The molecule has 0 radical (unpaired) electrons. The Balaban J connectivity index is 1.56. The topological polar surface area (TPSA) is 93.0 Å². The molecule has 0 bridgehead atoms. The number of hydrogen-bond acceptors (Lipinski definition) is 7. The summed E-state index contributed by atoms with van der Waals surface area (Å²) in [5, 5.41) is 7.58. The molecule has 1 aliphatic heterocycles. The Bertz CT molecular complexity index is 1140. The van der Waals surface area contributed by atoms with Crippen LogP contribution in [-0.4, -0.2) is 105 Å². The molecule has 1 fully saturated rings. The Morgan fingerprint density at radius 1 is 1.18 bits per heavy atom. The summed E-state index contributed by atoms with van der Waals surface area (Å²) in [6.45, 7) is 12.2. The summed E-state index contributed by atoms with van der Waals surface area (Å²) in [7, 11) is 5.42. The number of halogens is 1. The number of benzene rings is 1. The highest BCUT2D eigenvalue weighted by Crippen LogP contribution is 2.18. The van der Waals surface area contributed by atoms with E-state index in [-0.39, 0.29) is 11.8 Å². The van der Waals surface area contributed by atoms with E-state index in [1.807, 2.05) is 19.1 Å². The zero-order valence-electron chi connectivity index (χ0n) is 23.4. The Labute approximate surface area is 231 Å². The van der Waals surface area contributed by atoms with Crippen LogP contribution in [0.5, 0.6) is 0 Å². The minimum atomic E-state index is -0.672. The van der Waals surface area contributed by atoms with Crippen LogP contribution in [0.3, 0.4) is 0 Å². The number of anilines is 2. The third-order valence-electron chi connectivity index (χ3n) is 6.19. The van der Waals surface area contributed by atoms with E-state index in [0.717, 1.165) is 44.1 Å². The van der Waals surface area contributed by atoms with Gasteiger partial charge in [-0.2, -0.15) is 10.1 Å². The SMILES string of the molecule is C=C(F)/C(=N\C(=NC)N/N=C/c1cc(Nc2ccc(CN3CCN(C)CC3)cc2)ccn1)N(C)CCOCC. The largest absolute Gasteiger partial charge is 0.380 e. The van der Waals surface area contributed by atoms with Gasteiger partial charge in [-0.25, -0.2) is 9.82 Å². The number of piperazine rings is 1. The molecule has 0 atom stereocenters. The molecule has 3 rings (SSSR count). The van der Waals surface area contributed by atoms with Gasteiger partial charge in [-0.15, -0.1) is 0 Å². The average molecular weight is 538 g/mol. The van der Waals surface area contributed by atoms with E-state index in [1.54, 1.807) is 31.4 Å². The second-order valence-electron chi connectivity index (χ2n) is 9.25. The predicted molar refractivity (Wildman–Crippen MR) is 158 cm³/mol. The number of aromatic nitrogens is 1. The molecule has 1 aromatic heterocycles. The maximum absolute atomic E-state index is 14.0. The van der Waals surface area contributed by atoms with Gasteiger partial charge in [-0.05, 0) is 43.8 Å². The lowest BCUT2D eigenvalue weighted by atomic mass is 10.1. The number of guanidine groups is 1. The van der Waals surface area contributed by atoms with Crippen molar-refractivity contribution in [1.29, 1.82) is 0 Å². The molecule has 0 spiro atoms. The van der Waals surface area contributed by atoms with E-state index in [0.29, 0.717) is 25.5 Å². The molecule has 1 aromatic carbocycles. The zero-order valence-corrected chi connectivity index (χ0v) is 23.4.